The molecule has 0 spiro atoms. The number of hydrogen-bond donors (Lipinski definition) is 1. The van der Waals surface area contributed by atoms with E-state index in [9.17, 15) is 4.79 Å². The van der Waals surface area contributed by atoms with Gasteiger partial charge in [-0.15, -0.1) is 0 Å². The lowest BCUT2D eigenvalue weighted by Crippen LogP contribution is -2.14. The van der Waals surface area contributed by atoms with Crippen LogP contribution < -0.4 is 5.32 Å². The summed E-state index contributed by atoms with van der Waals surface area (Å²) >= 11 is 0. The molecule has 0 unspecified atom stereocenters. The molecule has 0 amide bonds. The second kappa shape index (κ2) is 6.98. The zero-order valence-corrected chi connectivity index (χ0v) is 9.66. The Kier molecular flexibility index (Phi) is 5.53. The normalized spacial score (nSPS) is 10.1. The van der Waals surface area contributed by atoms with Gasteiger partial charge in [0.15, 0.2) is 0 Å². The van der Waals surface area contributed by atoms with E-state index in [0.29, 0.717) is 18.8 Å². The van der Waals surface area contributed by atoms with Crippen molar-refractivity contribution in [1.29, 1.82) is 0 Å². The zero-order valence-electron chi connectivity index (χ0n) is 9.66. The average Bonchev–Trinajstić information content (AvgIpc) is 2.34. The van der Waals surface area contributed by atoms with Crippen molar-refractivity contribution in [2.75, 3.05) is 27.3 Å². The van der Waals surface area contributed by atoms with Crippen LogP contribution in [0.1, 0.15) is 15.9 Å². The second-order valence-corrected chi connectivity index (χ2v) is 3.35. The predicted molar refractivity (Wildman–Crippen MR) is 61.4 cm³/mol. The third-order valence-corrected chi connectivity index (χ3v) is 2.11. The van der Waals surface area contributed by atoms with E-state index in [2.05, 4.69) is 10.1 Å². The Balaban J connectivity index is 2.50. The third kappa shape index (κ3) is 4.00. The van der Waals surface area contributed by atoms with Gasteiger partial charge in [-0.3, -0.25) is 0 Å². The van der Waals surface area contributed by atoms with Crippen LogP contribution in [0.2, 0.25) is 0 Å². The van der Waals surface area contributed by atoms with Gasteiger partial charge in [0.05, 0.1) is 25.9 Å². The first-order valence-corrected chi connectivity index (χ1v) is 5.17. The Morgan fingerprint density at radius 2 is 2.25 bits per heavy atom. The van der Waals surface area contributed by atoms with Crippen LogP contribution in [0.25, 0.3) is 0 Å². The largest absolute Gasteiger partial charge is 0.465 e. The topological polar surface area (TPSA) is 47.6 Å². The molecule has 0 radical (unpaired) electrons. The van der Waals surface area contributed by atoms with Crippen molar-refractivity contribution < 1.29 is 14.3 Å². The smallest absolute Gasteiger partial charge is 0.337 e. The zero-order chi connectivity index (χ0) is 11.8. The molecule has 16 heavy (non-hydrogen) atoms. The minimum atomic E-state index is -0.322. The van der Waals surface area contributed by atoms with E-state index in [1.165, 1.54) is 7.11 Å². The monoisotopic (exact) mass is 223 g/mol. The van der Waals surface area contributed by atoms with Crippen LogP contribution in [0.4, 0.5) is 0 Å². The number of ether oxygens (including phenoxy) is 2. The summed E-state index contributed by atoms with van der Waals surface area (Å²) in [5.74, 6) is -0.322. The molecule has 1 N–H and O–H groups in total. The van der Waals surface area contributed by atoms with Gasteiger partial charge in [0.25, 0.3) is 0 Å². The SMILES string of the molecule is CNCCOCc1cccc(C(=O)OC)c1. The fraction of sp³-hybridized carbons (Fsp3) is 0.417. The van der Waals surface area contributed by atoms with Gasteiger partial charge in [-0.1, -0.05) is 12.1 Å². The van der Waals surface area contributed by atoms with Gasteiger partial charge in [-0.2, -0.15) is 0 Å². The molecule has 0 aliphatic carbocycles. The van der Waals surface area contributed by atoms with Gasteiger partial charge in [0, 0.05) is 6.54 Å². The van der Waals surface area contributed by atoms with Crippen LogP contribution in [0, 0.1) is 0 Å². The number of likely N-dealkylation sites (N-methyl/N-ethyl adjacent to an activating group) is 1. The maximum absolute atomic E-state index is 11.3. The van der Waals surface area contributed by atoms with Crippen LogP contribution in [-0.2, 0) is 16.1 Å². The highest BCUT2D eigenvalue weighted by Crippen LogP contribution is 2.07. The highest BCUT2D eigenvalue weighted by molar-refractivity contribution is 5.89. The minimum Gasteiger partial charge on any atom is -0.465 e. The Morgan fingerprint density at radius 3 is 2.94 bits per heavy atom. The highest BCUT2D eigenvalue weighted by atomic mass is 16.5. The number of carbonyl (C=O) groups is 1. The van der Waals surface area contributed by atoms with Crippen molar-refractivity contribution in [2.24, 2.45) is 0 Å². The fourth-order valence-electron chi connectivity index (χ4n) is 1.27. The van der Waals surface area contributed by atoms with Gasteiger partial charge in [0.1, 0.15) is 0 Å². The molecule has 0 saturated carbocycles. The lowest BCUT2D eigenvalue weighted by molar-refractivity contribution is 0.0600. The Hall–Kier alpha value is -1.39. The molecule has 0 aromatic heterocycles. The number of esters is 1. The molecule has 0 saturated heterocycles. The molecule has 1 aromatic rings. The molecule has 0 aliphatic heterocycles. The third-order valence-electron chi connectivity index (χ3n) is 2.11. The number of methoxy groups -OCH3 is 1. The van der Waals surface area contributed by atoms with E-state index in [1.807, 2.05) is 19.2 Å². The lowest BCUT2D eigenvalue weighted by Gasteiger charge is -2.05. The first-order valence-electron chi connectivity index (χ1n) is 5.17. The second-order valence-electron chi connectivity index (χ2n) is 3.35. The first kappa shape index (κ1) is 12.7. The molecule has 0 heterocycles. The molecule has 4 nitrogen and oxygen atoms in total. The van der Waals surface area contributed by atoms with E-state index < -0.39 is 0 Å². The summed E-state index contributed by atoms with van der Waals surface area (Å²) in [6, 6.07) is 7.25. The van der Waals surface area contributed by atoms with Gasteiger partial charge < -0.3 is 14.8 Å². The number of hydrogen-bond acceptors (Lipinski definition) is 4. The molecule has 1 aromatic carbocycles. The van der Waals surface area contributed by atoms with Crippen LogP contribution >= 0.6 is 0 Å². The Labute approximate surface area is 95.6 Å². The summed E-state index contributed by atoms with van der Waals surface area (Å²) in [5, 5.41) is 2.99. The van der Waals surface area contributed by atoms with Crippen molar-refractivity contribution in [3.63, 3.8) is 0 Å². The van der Waals surface area contributed by atoms with E-state index in [-0.39, 0.29) is 5.97 Å². The van der Waals surface area contributed by atoms with Gasteiger partial charge in [-0.25, -0.2) is 4.79 Å². The highest BCUT2D eigenvalue weighted by Gasteiger charge is 2.05. The van der Waals surface area contributed by atoms with Crippen LogP contribution in [0.15, 0.2) is 24.3 Å². The van der Waals surface area contributed by atoms with Gasteiger partial charge in [-0.05, 0) is 24.7 Å². The molecular formula is C12H17NO3. The standard InChI is InChI=1S/C12H17NO3/c1-13-6-7-16-9-10-4-3-5-11(8-10)12(14)15-2/h3-5,8,13H,6-7,9H2,1-2H3. The molecular weight excluding hydrogens is 206 g/mol. The Bertz CT molecular complexity index is 339. The predicted octanol–water partition coefficient (Wildman–Crippen LogP) is 1.21. The lowest BCUT2D eigenvalue weighted by atomic mass is 10.1. The number of nitrogens with one attached hydrogen (secondary N) is 1. The molecule has 88 valence electrons. The van der Waals surface area contributed by atoms with Crippen molar-refractivity contribution in [3.8, 4) is 0 Å². The number of benzene rings is 1. The van der Waals surface area contributed by atoms with Crippen molar-refractivity contribution in [3.05, 3.63) is 35.4 Å². The summed E-state index contributed by atoms with van der Waals surface area (Å²) in [4.78, 5) is 11.3. The average molecular weight is 223 g/mol. The van der Waals surface area contributed by atoms with Crippen molar-refractivity contribution >= 4 is 5.97 Å². The van der Waals surface area contributed by atoms with Crippen molar-refractivity contribution in [1.82, 2.24) is 5.32 Å². The van der Waals surface area contributed by atoms with E-state index >= 15 is 0 Å². The first-order chi connectivity index (χ1) is 7.77. The quantitative estimate of drug-likeness (QED) is 0.581. The van der Waals surface area contributed by atoms with Crippen LogP contribution in [0.3, 0.4) is 0 Å². The fourth-order valence-corrected chi connectivity index (χ4v) is 1.27. The molecule has 0 bridgehead atoms. The summed E-state index contributed by atoms with van der Waals surface area (Å²) < 4.78 is 10.1. The van der Waals surface area contributed by atoms with Crippen LogP contribution in [-0.4, -0.2) is 33.3 Å². The number of carbonyl (C=O) groups excluding carboxylic acids is 1. The van der Waals surface area contributed by atoms with Gasteiger partial charge >= 0.3 is 5.97 Å². The van der Waals surface area contributed by atoms with Crippen molar-refractivity contribution in [2.45, 2.75) is 6.61 Å². The molecule has 1 rings (SSSR count). The van der Waals surface area contributed by atoms with E-state index in [0.717, 1.165) is 12.1 Å². The molecule has 0 atom stereocenters. The number of rotatable bonds is 6. The summed E-state index contributed by atoms with van der Waals surface area (Å²) in [5.41, 5.74) is 1.52. The van der Waals surface area contributed by atoms with E-state index in [1.54, 1.807) is 12.1 Å². The summed E-state index contributed by atoms with van der Waals surface area (Å²) in [6.07, 6.45) is 0. The van der Waals surface area contributed by atoms with Gasteiger partial charge in [0.2, 0.25) is 0 Å². The Morgan fingerprint density at radius 1 is 1.44 bits per heavy atom. The summed E-state index contributed by atoms with van der Waals surface area (Å²) in [6.45, 7) is 1.97. The maximum Gasteiger partial charge on any atom is 0.337 e. The summed E-state index contributed by atoms with van der Waals surface area (Å²) in [7, 11) is 3.25. The minimum absolute atomic E-state index is 0.322. The molecule has 0 aliphatic rings. The van der Waals surface area contributed by atoms with Crippen LogP contribution in [0.5, 0.6) is 0 Å². The maximum atomic E-state index is 11.3. The molecule has 0 fully saturated rings. The molecule has 4 heteroatoms. The van der Waals surface area contributed by atoms with E-state index in [4.69, 9.17) is 4.74 Å².